The average Bonchev–Trinajstić information content (AvgIpc) is 2.89. The maximum absolute atomic E-state index is 13.1. The third-order valence-corrected chi connectivity index (χ3v) is 6.21. The molecule has 3 rings (SSSR count). The van der Waals surface area contributed by atoms with Crippen molar-refractivity contribution < 1.29 is 19.1 Å². The van der Waals surface area contributed by atoms with Crippen LogP contribution in [-0.2, 0) is 16.0 Å². The number of nitrogens with zero attached hydrogens (tertiary/aromatic N) is 1. The molecule has 0 radical (unpaired) electrons. The molecule has 0 aliphatic heterocycles. The van der Waals surface area contributed by atoms with E-state index in [9.17, 15) is 9.59 Å². The van der Waals surface area contributed by atoms with E-state index < -0.39 is 24.0 Å². The van der Waals surface area contributed by atoms with Crippen molar-refractivity contribution in [1.82, 2.24) is 10.7 Å². The second-order valence-corrected chi connectivity index (χ2v) is 9.86. The lowest BCUT2D eigenvalue weighted by atomic mass is 10.1. The Morgan fingerprint density at radius 3 is 2.50 bits per heavy atom. The van der Waals surface area contributed by atoms with Crippen LogP contribution >= 0.6 is 39.1 Å². The van der Waals surface area contributed by atoms with E-state index in [-0.39, 0.29) is 11.4 Å². The number of carbonyl (C=O) groups is 2. The highest BCUT2D eigenvalue weighted by Gasteiger charge is 2.25. The van der Waals surface area contributed by atoms with E-state index in [1.54, 1.807) is 37.3 Å². The summed E-state index contributed by atoms with van der Waals surface area (Å²) in [6.07, 6.45) is 2.41. The number of hydrogen-bond acceptors (Lipinski definition) is 5. The van der Waals surface area contributed by atoms with E-state index >= 15 is 0 Å². The third-order valence-electron chi connectivity index (χ3n) is 5.19. The van der Waals surface area contributed by atoms with Gasteiger partial charge in [-0.2, -0.15) is 5.10 Å². The van der Waals surface area contributed by atoms with Gasteiger partial charge in [0.25, 0.3) is 11.8 Å². The van der Waals surface area contributed by atoms with Crippen molar-refractivity contribution in [1.29, 1.82) is 0 Å². The molecule has 38 heavy (non-hydrogen) atoms. The molecule has 0 saturated carbocycles. The van der Waals surface area contributed by atoms with Crippen LogP contribution in [0.25, 0.3) is 0 Å². The van der Waals surface area contributed by atoms with Gasteiger partial charge in [0, 0.05) is 21.5 Å². The van der Waals surface area contributed by atoms with Gasteiger partial charge in [0.2, 0.25) is 0 Å². The molecule has 0 unspecified atom stereocenters. The van der Waals surface area contributed by atoms with Crippen LogP contribution in [0.3, 0.4) is 0 Å². The number of hydrogen-bond donors (Lipinski definition) is 2. The summed E-state index contributed by atoms with van der Waals surface area (Å²) in [7, 11) is 0. The SMILES string of the molecule is C=CCOc1ccc(Br)cc1/C=N\NC(=O)[C@H](Cc1ccccc1)NC(=O)[C@@H](C)Oc1ccc(Cl)cc1Cl. The van der Waals surface area contributed by atoms with Crippen molar-refractivity contribution in [2.45, 2.75) is 25.5 Å². The topological polar surface area (TPSA) is 89.0 Å². The maximum Gasteiger partial charge on any atom is 0.262 e. The molecular weight excluding hydrogens is 593 g/mol. The molecule has 0 spiro atoms. The largest absolute Gasteiger partial charge is 0.489 e. The standard InChI is InChI=1S/C28H26BrCl2N3O4/c1-3-13-37-25-11-9-21(29)15-20(25)17-32-34-28(36)24(14-19-7-5-4-6-8-19)33-27(35)18(2)38-26-12-10-22(30)16-23(26)31/h3-12,15-18,24H,1,13-14H2,2H3,(H,33,35)(H,34,36)/b32-17-/t18-,24+/m1/s1. The summed E-state index contributed by atoms with van der Waals surface area (Å²) in [5.74, 6) is -0.120. The van der Waals surface area contributed by atoms with Gasteiger partial charge in [0.05, 0.1) is 11.2 Å². The Morgan fingerprint density at radius 1 is 1.05 bits per heavy atom. The monoisotopic (exact) mass is 617 g/mol. The molecule has 3 aromatic rings. The first kappa shape index (κ1) is 29.2. The van der Waals surface area contributed by atoms with Crippen molar-refractivity contribution in [3.05, 3.63) is 105 Å². The summed E-state index contributed by atoms with van der Waals surface area (Å²) in [4.78, 5) is 26.1. The number of nitrogens with one attached hydrogen (secondary N) is 2. The molecule has 0 fully saturated rings. The lowest BCUT2D eigenvalue weighted by Gasteiger charge is -2.21. The molecule has 198 valence electrons. The van der Waals surface area contributed by atoms with Gasteiger partial charge in [0.15, 0.2) is 6.10 Å². The molecule has 2 N–H and O–H groups in total. The number of hydrazone groups is 1. The molecule has 0 aliphatic rings. The summed E-state index contributed by atoms with van der Waals surface area (Å²) in [6.45, 7) is 5.53. The zero-order chi connectivity index (χ0) is 27.5. The first-order valence-corrected chi connectivity index (χ1v) is 13.1. The number of benzene rings is 3. The Morgan fingerprint density at radius 2 is 1.79 bits per heavy atom. The van der Waals surface area contributed by atoms with E-state index in [4.69, 9.17) is 32.7 Å². The van der Waals surface area contributed by atoms with Crippen LogP contribution < -0.4 is 20.2 Å². The number of halogens is 3. The van der Waals surface area contributed by atoms with Gasteiger partial charge in [0.1, 0.15) is 24.1 Å². The fourth-order valence-electron chi connectivity index (χ4n) is 3.31. The van der Waals surface area contributed by atoms with Crippen LogP contribution in [0.5, 0.6) is 11.5 Å². The molecule has 0 heterocycles. The second kappa shape index (κ2) is 14.6. The molecule has 0 saturated heterocycles. The van der Waals surface area contributed by atoms with E-state index in [0.717, 1.165) is 10.0 Å². The molecule has 10 heteroatoms. The number of ether oxygens (including phenoxy) is 2. The van der Waals surface area contributed by atoms with Crippen LogP contribution in [0.2, 0.25) is 10.0 Å². The van der Waals surface area contributed by atoms with Gasteiger partial charge < -0.3 is 14.8 Å². The first-order valence-electron chi connectivity index (χ1n) is 11.6. The zero-order valence-electron chi connectivity index (χ0n) is 20.5. The summed E-state index contributed by atoms with van der Waals surface area (Å²) in [6, 6.07) is 18.5. The number of rotatable bonds is 12. The molecule has 3 aromatic carbocycles. The van der Waals surface area contributed by atoms with Crippen molar-refractivity contribution in [3.63, 3.8) is 0 Å². The molecule has 0 aliphatic carbocycles. The predicted octanol–water partition coefficient (Wildman–Crippen LogP) is 5.97. The smallest absolute Gasteiger partial charge is 0.262 e. The summed E-state index contributed by atoms with van der Waals surface area (Å²) in [5, 5.41) is 7.56. The Labute approximate surface area is 239 Å². The molecule has 7 nitrogen and oxygen atoms in total. The normalized spacial score (nSPS) is 12.4. The highest BCUT2D eigenvalue weighted by Crippen LogP contribution is 2.28. The Balaban J connectivity index is 1.72. The summed E-state index contributed by atoms with van der Waals surface area (Å²) >= 11 is 15.5. The lowest BCUT2D eigenvalue weighted by molar-refractivity contribution is -0.132. The van der Waals surface area contributed by atoms with Crippen LogP contribution in [0.4, 0.5) is 0 Å². The molecule has 2 atom stereocenters. The van der Waals surface area contributed by atoms with Gasteiger partial charge in [-0.05, 0) is 48.9 Å². The van der Waals surface area contributed by atoms with Crippen LogP contribution in [0.15, 0.2) is 89.0 Å². The Kier molecular flexibility index (Phi) is 11.2. The number of amides is 2. The fraction of sp³-hybridized carbons (Fsp3) is 0.179. The van der Waals surface area contributed by atoms with E-state index in [1.807, 2.05) is 36.4 Å². The first-order chi connectivity index (χ1) is 18.3. The van der Waals surface area contributed by atoms with E-state index in [2.05, 4.69) is 38.4 Å². The van der Waals surface area contributed by atoms with Gasteiger partial charge in [-0.15, -0.1) is 0 Å². The minimum Gasteiger partial charge on any atom is -0.489 e. The number of carbonyl (C=O) groups excluding carboxylic acids is 2. The third kappa shape index (κ3) is 8.90. The quantitative estimate of drug-likeness (QED) is 0.149. The Bertz CT molecular complexity index is 1300. The minimum atomic E-state index is -0.936. The van der Waals surface area contributed by atoms with Gasteiger partial charge in [-0.25, -0.2) is 5.43 Å². The zero-order valence-corrected chi connectivity index (χ0v) is 23.6. The van der Waals surface area contributed by atoms with Gasteiger partial charge in [-0.3, -0.25) is 9.59 Å². The van der Waals surface area contributed by atoms with Crippen molar-refractivity contribution in [2.75, 3.05) is 6.61 Å². The highest BCUT2D eigenvalue weighted by atomic mass is 79.9. The van der Waals surface area contributed by atoms with Crippen LogP contribution in [-0.4, -0.2) is 36.8 Å². The minimum absolute atomic E-state index is 0.243. The van der Waals surface area contributed by atoms with Crippen molar-refractivity contribution in [2.24, 2.45) is 5.10 Å². The average molecular weight is 619 g/mol. The van der Waals surface area contributed by atoms with Crippen LogP contribution in [0.1, 0.15) is 18.1 Å². The van der Waals surface area contributed by atoms with Crippen molar-refractivity contribution in [3.8, 4) is 11.5 Å². The molecular formula is C28H26BrCl2N3O4. The Hall–Kier alpha value is -3.33. The van der Waals surface area contributed by atoms with Gasteiger partial charge in [-0.1, -0.05) is 82.1 Å². The lowest BCUT2D eigenvalue weighted by Crippen LogP contribution is -2.50. The van der Waals surface area contributed by atoms with Gasteiger partial charge >= 0.3 is 0 Å². The molecule has 0 aromatic heterocycles. The summed E-state index contributed by atoms with van der Waals surface area (Å²) in [5.41, 5.74) is 4.02. The fourth-order valence-corrected chi connectivity index (χ4v) is 4.14. The van der Waals surface area contributed by atoms with Crippen LogP contribution in [0, 0.1) is 0 Å². The van der Waals surface area contributed by atoms with E-state index in [0.29, 0.717) is 28.7 Å². The molecule has 0 bridgehead atoms. The second-order valence-electron chi connectivity index (χ2n) is 8.10. The summed E-state index contributed by atoms with van der Waals surface area (Å²) < 4.78 is 12.2. The highest BCUT2D eigenvalue weighted by molar-refractivity contribution is 9.10. The predicted molar refractivity (Wildman–Crippen MR) is 154 cm³/mol. The maximum atomic E-state index is 13.1. The van der Waals surface area contributed by atoms with E-state index in [1.165, 1.54) is 12.3 Å². The van der Waals surface area contributed by atoms with Crippen molar-refractivity contribution >= 4 is 57.2 Å². The molecule has 2 amide bonds.